The van der Waals surface area contributed by atoms with E-state index < -0.39 is 0 Å². The van der Waals surface area contributed by atoms with Crippen molar-refractivity contribution in [2.75, 3.05) is 0 Å². The Labute approximate surface area is 68.6 Å². The van der Waals surface area contributed by atoms with Gasteiger partial charge < -0.3 is 5.73 Å². The van der Waals surface area contributed by atoms with Crippen LogP contribution in [-0.4, -0.2) is 0 Å². The van der Waals surface area contributed by atoms with Crippen LogP contribution in [-0.2, 0) is 0 Å². The molecule has 0 aromatic carbocycles. The smallest absolute Gasteiger partial charge is 0.00566 e. The molecule has 0 atom stereocenters. The molecule has 0 aliphatic carbocycles. The number of hydrogen-bond donors (Lipinski definition) is 1. The van der Waals surface area contributed by atoms with Crippen LogP contribution in [0.4, 0.5) is 0 Å². The topological polar surface area (TPSA) is 26.0 Å². The van der Waals surface area contributed by atoms with Crippen LogP contribution < -0.4 is 5.73 Å². The Balaban J connectivity index is 3.74. The van der Waals surface area contributed by atoms with Gasteiger partial charge in [0.25, 0.3) is 0 Å². The van der Waals surface area contributed by atoms with Crippen molar-refractivity contribution in [3.63, 3.8) is 0 Å². The van der Waals surface area contributed by atoms with Crippen LogP contribution in [0.5, 0.6) is 0 Å². The quantitative estimate of drug-likeness (QED) is 0.611. The summed E-state index contributed by atoms with van der Waals surface area (Å²) in [4.78, 5) is 0. The Hall–Kier alpha value is -1.24. The molecule has 60 valence electrons. The lowest BCUT2D eigenvalue weighted by Crippen LogP contribution is -1.76. The average Bonchev–Trinajstić information content (AvgIpc) is 1.99. The van der Waals surface area contributed by atoms with Crippen molar-refractivity contribution in [3.8, 4) is 0 Å². The van der Waals surface area contributed by atoms with Gasteiger partial charge in [-0.1, -0.05) is 37.8 Å². The summed E-state index contributed by atoms with van der Waals surface area (Å²) in [6, 6.07) is 0. The van der Waals surface area contributed by atoms with Crippen LogP contribution in [0.25, 0.3) is 0 Å². The minimum Gasteiger partial charge on any atom is -0.405 e. The normalized spacial score (nSPS) is 12.1. The van der Waals surface area contributed by atoms with E-state index in [9.17, 15) is 0 Å². The van der Waals surface area contributed by atoms with Gasteiger partial charge in [0.05, 0.1) is 0 Å². The maximum atomic E-state index is 5.17. The Morgan fingerprint density at radius 3 is 2.64 bits per heavy atom. The van der Waals surface area contributed by atoms with Gasteiger partial charge in [-0.15, -0.1) is 0 Å². The molecule has 0 amide bonds. The molecule has 1 heteroatoms. The van der Waals surface area contributed by atoms with E-state index in [0.717, 1.165) is 12.0 Å². The number of allylic oxidation sites excluding steroid dienone is 6. The van der Waals surface area contributed by atoms with Crippen LogP contribution >= 0.6 is 0 Å². The molecule has 0 aliphatic rings. The van der Waals surface area contributed by atoms with E-state index in [-0.39, 0.29) is 0 Å². The molecule has 0 heterocycles. The lowest BCUT2D eigenvalue weighted by molar-refractivity contribution is 1.22. The molecule has 2 N–H and O–H groups in total. The lowest BCUT2D eigenvalue weighted by Gasteiger charge is -1.84. The highest BCUT2D eigenvalue weighted by Gasteiger charge is 1.74. The first-order chi connectivity index (χ1) is 5.31. The van der Waals surface area contributed by atoms with E-state index in [2.05, 4.69) is 19.6 Å². The maximum absolute atomic E-state index is 5.17. The molecule has 0 aliphatic heterocycles. The zero-order valence-corrected chi connectivity index (χ0v) is 6.96. The molecule has 0 radical (unpaired) electrons. The first kappa shape index (κ1) is 9.76. The highest BCUT2D eigenvalue weighted by molar-refractivity contribution is 5.28. The summed E-state index contributed by atoms with van der Waals surface area (Å²) in [6.07, 6.45) is 12.2. The van der Waals surface area contributed by atoms with Crippen molar-refractivity contribution in [2.24, 2.45) is 5.73 Å². The van der Waals surface area contributed by atoms with Gasteiger partial charge in [0.15, 0.2) is 0 Å². The van der Waals surface area contributed by atoms with Gasteiger partial charge in [-0.3, -0.25) is 0 Å². The second-order valence-electron chi connectivity index (χ2n) is 2.13. The van der Waals surface area contributed by atoms with Crippen molar-refractivity contribution in [1.29, 1.82) is 0 Å². The summed E-state index contributed by atoms with van der Waals surface area (Å²) in [5.74, 6) is 0. The highest BCUT2D eigenvalue weighted by atomic mass is 14.5. The zero-order chi connectivity index (χ0) is 8.53. The predicted octanol–water partition coefficient (Wildman–Crippen LogP) is 2.54. The molecule has 1 nitrogen and oxygen atoms in total. The third-order valence-electron chi connectivity index (χ3n) is 1.10. The maximum Gasteiger partial charge on any atom is -0.00566 e. The van der Waals surface area contributed by atoms with Crippen molar-refractivity contribution < 1.29 is 0 Å². The van der Waals surface area contributed by atoms with Gasteiger partial charge in [0.2, 0.25) is 0 Å². The molecule has 0 aromatic rings. The van der Waals surface area contributed by atoms with Crippen LogP contribution in [0.15, 0.2) is 48.7 Å². The largest absolute Gasteiger partial charge is 0.405 e. The fourth-order valence-electron chi connectivity index (χ4n) is 0.573. The summed E-state index contributed by atoms with van der Waals surface area (Å²) in [5.41, 5.74) is 6.08. The van der Waals surface area contributed by atoms with E-state index in [1.54, 1.807) is 6.08 Å². The highest BCUT2D eigenvalue weighted by Crippen LogP contribution is 1.94. The Bertz CT molecular complexity index is 185. The molecule has 0 aromatic heterocycles. The van der Waals surface area contributed by atoms with Crippen molar-refractivity contribution in [2.45, 2.75) is 13.3 Å². The SMILES string of the molecule is C=C(/C=C\N)/C=C\C=C/CC. The molecule has 11 heavy (non-hydrogen) atoms. The predicted molar refractivity (Wildman–Crippen MR) is 51.0 cm³/mol. The van der Waals surface area contributed by atoms with Gasteiger partial charge in [0, 0.05) is 0 Å². The molecule has 0 saturated carbocycles. The van der Waals surface area contributed by atoms with E-state index in [0.29, 0.717) is 0 Å². The minimum atomic E-state index is 0.910. The molecular weight excluding hydrogens is 134 g/mol. The van der Waals surface area contributed by atoms with Gasteiger partial charge in [-0.2, -0.15) is 0 Å². The third kappa shape index (κ3) is 6.65. The second-order valence-corrected chi connectivity index (χ2v) is 2.13. The van der Waals surface area contributed by atoms with Crippen molar-refractivity contribution in [3.05, 3.63) is 48.7 Å². The van der Waals surface area contributed by atoms with Gasteiger partial charge in [-0.05, 0) is 24.3 Å². The number of rotatable bonds is 4. The Kier molecular flexibility index (Phi) is 6.10. The molecule has 0 unspecified atom stereocenters. The molecular formula is C10H15N. The van der Waals surface area contributed by atoms with E-state index in [1.165, 1.54) is 6.20 Å². The van der Waals surface area contributed by atoms with Gasteiger partial charge in [0.1, 0.15) is 0 Å². The summed E-state index contributed by atoms with van der Waals surface area (Å²) in [5, 5.41) is 0. The lowest BCUT2D eigenvalue weighted by atomic mass is 10.2. The Morgan fingerprint density at radius 2 is 2.09 bits per heavy atom. The first-order valence-electron chi connectivity index (χ1n) is 3.71. The van der Waals surface area contributed by atoms with Crippen LogP contribution in [0.2, 0.25) is 0 Å². The second kappa shape index (κ2) is 6.87. The molecule has 0 spiro atoms. The summed E-state index contributed by atoms with van der Waals surface area (Å²) in [7, 11) is 0. The minimum absolute atomic E-state index is 0.910. The van der Waals surface area contributed by atoms with E-state index >= 15 is 0 Å². The molecule has 0 saturated heterocycles. The van der Waals surface area contributed by atoms with E-state index in [1.807, 2.05) is 18.2 Å². The summed E-state index contributed by atoms with van der Waals surface area (Å²) < 4.78 is 0. The van der Waals surface area contributed by atoms with Crippen LogP contribution in [0, 0.1) is 0 Å². The summed E-state index contributed by atoms with van der Waals surface area (Å²) >= 11 is 0. The van der Waals surface area contributed by atoms with Crippen LogP contribution in [0.1, 0.15) is 13.3 Å². The van der Waals surface area contributed by atoms with Crippen LogP contribution in [0.3, 0.4) is 0 Å². The fourth-order valence-corrected chi connectivity index (χ4v) is 0.573. The van der Waals surface area contributed by atoms with Crippen molar-refractivity contribution >= 4 is 0 Å². The van der Waals surface area contributed by atoms with Gasteiger partial charge in [-0.25, -0.2) is 0 Å². The first-order valence-corrected chi connectivity index (χ1v) is 3.71. The number of hydrogen-bond acceptors (Lipinski definition) is 1. The number of nitrogens with two attached hydrogens (primary N) is 1. The zero-order valence-electron chi connectivity index (χ0n) is 6.96. The average molecular weight is 149 g/mol. The van der Waals surface area contributed by atoms with E-state index in [4.69, 9.17) is 5.73 Å². The molecule has 0 bridgehead atoms. The fraction of sp³-hybridized carbons (Fsp3) is 0.200. The van der Waals surface area contributed by atoms with Gasteiger partial charge >= 0.3 is 0 Å². The van der Waals surface area contributed by atoms with Crippen molar-refractivity contribution in [1.82, 2.24) is 0 Å². The standard InChI is InChI=1S/C10H15N/c1-3-4-5-6-7-10(2)8-9-11/h4-9H,2-3,11H2,1H3/b5-4-,7-6-,9-8-. The summed E-state index contributed by atoms with van der Waals surface area (Å²) in [6.45, 7) is 5.85. The third-order valence-corrected chi connectivity index (χ3v) is 1.10. The molecule has 0 fully saturated rings. The monoisotopic (exact) mass is 149 g/mol. The Morgan fingerprint density at radius 1 is 1.36 bits per heavy atom. The molecule has 0 rings (SSSR count).